The Hall–Kier alpha value is -2.45. The Balaban J connectivity index is 1.53. The number of halogens is 1. The number of amides is 1. The van der Waals surface area contributed by atoms with E-state index in [1.165, 1.54) is 11.8 Å². The van der Waals surface area contributed by atoms with Gasteiger partial charge in [0.05, 0.1) is 30.2 Å². The predicted octanol–water partition coefficient (Wildman–Crippen LogP) is 5.43. The van der Waals surface area contributed by atoms with Crippen molar-refractivity contribution < 1.29 is 9.53 Å². The van der Waals surface area contributed by atoms with E-state index in [0.29, 0.717) is 34.0 Å². The van der Waals surface area contributed by atoms with Gasteiger partial charge in [0.2, 0.25) is 0 Å². The number of thiocarbonyl (C=S) groups is 1. The molecule has 2 fully saturated rings. The lowest BCUT2D eigenvalue weighted by Gasteiger charge is -2.29. The molecule has 0 spiro atoms. The van der Waals surface area contributed by atoms with Crippen molar-refractivity contribution in [2.24, 2.45) is 0 Å². The molecule has 0 saturated carbocycles. The van der Waals surface area contributed by atoms with Gasteiger partial charge in [0.1, 0.15) is 10.1 Å². The monoisotopic (exact) mass is 495 g/mol. The summed E-state index contributed by atoms with van der Waals surface area (Å²) in [5.41, 5.74) is 3.88. The molecule has 2 aliphatic heterocycles. The van der Waals surface area contributed by atoms with Crippen LogP contribution in [0, 0.1) is 6.92 Å². The molecular formula is C25H22ClN3O2S2. The van der Waals surface area contributed by atoms with Crippen LogP contribution in [-0.2, 0) is 16.1 Å². The highest BCUT2D eigenvalue weighted by Gasteiger charge is 2.33. The fourth-order valence-electron chi connectivity index (χ4n) is 4.06. The lowest BCUT2D eigenvalue weighted by molar-refractivity contribution is -0.122. The molecule has 2 aromatic carbocycles. The zero-order valence-electron chi connectivity index (χ0n) is 18.1. The molecule has 1 aromatic heterocycles. The molecule has 5 nitrogen and oxygen atoms in total. The third kappa shape index (κ3) is 4.51. The maximum atomic E-state index is 13.3. The molecule has 3 aromatic rings. The van der Waals surface area contributed by atoms with Crippen LogP contribution in [-0.4, -0.2) is 46.4 Å². The number of hydrogen-bond donors (Lipinski definition) is 0. The van der Waals surface area contributed by atoms with Crippen molar-refractivity contribution in [3.05, 3.63) is 75.1 Å². The molecule has 33 heavy (non-hydrogen) atoms. The number of fused-ring (bicyclic) bond motifs is 1. The van der Waals surface area contributed by atoms with E-state index in [1.54, 1.807) is 4.90 Å². The molecular weight excluding hydrogens is 474 g/mol. The molecule has 0 N–H and O–H groups in total. The van der Waals surface area contributed by atoms with E-state index in [1.807, 2.05) is 36.4 Å². The van der Waals surface area contributed by atoms with Gasteiger partial charge >= 0.3 is 0 Å². The van der Waals surface area contributed by atoms with Gasteiger partial charge in [-0.05, 0) is 36.3 Å². The third-order valence-electron chi connectivity index (χ3n) is 5.81. The number of benzene rings is 2. The summed E-state index contributed by atoms with van der Waals surface area (Å²) in [7, 11) is 0. The van der Waals surface area contributed by atoms with Crippen LogP contribution in [0.15, 0.2) is 53.4 Å². The first-order chi connectivity index (χ1) is 16.0. The number of hydrogen-bond acceptors (Lipinski definition) is 6. The first-order valence-corrected chi connectivity index (χ1v) is 12.3. The molecule has 2 aliphatic rings. The Bertz CT molecular complexity index is 1290. The number of para-hydroxylation sites is 1. The number of aryl methyl sites for hydroxylation is 1. The highest BCUT2D eigenvalue weighted by atomic mass is 35.5. The second-order valence-corrected chi connectivity index (χ2v) is 10.1. The van der Waals surface area contributed by atoms with E-state index >= 15 is 0 Å². The first-order valence-electron chi connectivity index (χ1n) is 10.7. The summed E-state index contributed by atoms with van der Waals surface area (Å²) in [6, 6.07) is 15.8. The molecule has 5 rings (SSSR count). The number of pyridine rings is 1. The number of anilines is 1. The average Bonchev–Trinajstić information content (AvgIpc) is 3.08. The Morgan fingerprint density at radius 3 is 2.76 bits per heavy atom. The summed E-state index contributed by atoms with van der Waals surface area (Å²) in [6.07, 6.45) is 1.92. The fourth-order valence-corrected chi connectivity index (χ4v) is 5.50. The van der Waals surface area contributed by atoms with Crippen LogP contribution in [0.3, 0.4) is 0 Å². The van der Waals surface area contributed by atoms with Gasteiger partial charge in [0.25, 0.3) is 5.91 Å². The molecule has 2 saturated heterocycles. The molecule has 8 heteroatoms. The number of ether oxygens (including phenoxy) is 1. The third-order valence-corrected chi connectivity index (χ3v) is 7.56. The summed E-state index contributed by atoms with van der Waals surface area (Å²) < 4.78 is 6.07. The average molecular weight is 496 g/mol. The van der Waals surface area contributed by atoms with Crippen LogP contribution in [0.5, 0.6) is 0 Å². The van der Waals surface area contributed by atoms with Crippen molar-refractivity contribution in [3.63, 3.8) is 0 Å². The molecule has 0 bridgehead atoms. The van der Waals surface area contributed by atoms with Crippen LogP contribution >= 0.6 is 35.6 Å². The zero-order chi connectivity index (χ0) is 22.9. The normalized spacial score (nSPS) is 18.1. The van der Waals surface area contributed by atoms with Gasteiger partial charge < -0.3 is 9.64 Å². The number of nitrogens with zero attached hydrogens (tertiary/aromatic N) is 3. The molecule has 0 aliphatic carbocycles. The Labute approximate surface area is 207 Å². The van der Waals surface area contributed by atoms with Gasteiger partial charge in [0, 0.05) is 29.1 Å². The minimum Gasteiger partial charge on any atom is -0.378 e. The second-order valence-electron chi connectivity index (χ2n) is 8.01. The minimum atomic E-state index is -0.109. The van der Waals surface area contributed by atoms with Gasteiger partial charge in [-0.1, -0.05) is 72.0 Å². The van der Waals surface area contributed by atoms with Gasteiger partial charge in [0.15, 0.2) is 0 Å². The number of carbonyl (C=O) groups is 1. The first kappa shape index (κ1) is 22.3. The fraction of sp³-hybridized carbons (Fsp3) is 0.240. The van der Waals surface area contributed by atoms with Crippen LogP contribution < -0.4 is 4.90 Å². The number of morpholine rings is 1. The van der Waals surface area contributed by atoms with Crippen LogP contribution in [0.4, 0.5) is 5.82 Å². The van der Waals surface area contributed by atoms with Crippen LogP contribution in [0.1, 0.15) is 16.7 Å². The van der Waals surface area contributed by atoms with E-state index in [0.717, 1.165) is 46.5 Å². The Kier molecular flexibility index (Phi) is 6.38. The lowest BCUT2D eigenvalue weighted by atomic mass is 10.1. The van der Waals surface area contributed by atoms with Gasteiger partial charge in [-0.2, -0.15) is 0 Å². The summed E-state index contributed by atoms with van der Waals surface area (Å²) in [5, 5.41) is 1.67. The van der Waals surface area contributed by atoms with E-state index in [-0.39, 0.29) is 5.91 Å². The smallest absolute Gasteiger partial charge is 0.266 e. The van der Waals surface area contributed by atoms with Crippen molar-refractivity contribution in [1.82, 2.24) is 9.88 Å². The molecule has 0 radical (unpaired) electrons. The minimum absolute atomic E-state index is 0.109. The van der Waals surface area contributed by atoms with Crippen LogP contribution in [0.2, 0.25) is 5.02 Å². The van der Waals surface area contributed by atoms with E-state index in [2.05, 4.69) is 30.0 Å². The lowest BCUT2D eigenvalue weighted by Crippen LogP contribution is -2.37. The maximum Gasteiger partial charge on any atom is 0.266 e. The standard InChI is InChI=1S/C25H22ClN3O2S2/c1-16-5-4-7-17-13-19(23(27-22(16)17)28-9-11-31-12-10-28)14-21-24(30)29(25(32)33-21)15-18-6-2-3-8-20(18)26/h2-8,13-14H,9-12,15H2,1H3/b21-14-. The molecule has 0 atom stereocenters. The summed E-state index contributed by atoms with van der Waals surface area (Å²) in [5.74, 6) is 0.763. The zero-order valence-corrected chi connectivity index (χ0v) is 20.5. The number of aromatic nitrogens is 1. The van der Waals surface area contributed by atoms with Gasteiger partial charge in [-0.25, -0.2) is 4.98 Å². The largest absolute Gasteiger partial charge is 0.378 e. The predicted molar refractivity (Wildman–Crippen MR) is 140 cm³/mol. The molecule has 0 unspecified atom stereocenters. The Morgan fingerprint density at radius 1 is 1.18 bits per heavy atom. The number of thioether (sulfide) groups is 1. The number of rotatable bonds is 4. The number of carbonyl (C=O) groups excluding carboxylic acids is 1. The molecule has 168 valence electrons. The Morgan fingerprint density at radius 2 is 1.97 bits per heavy atom. The van der Waals surface area contributed by atoms with E-state index in [9.17, 15) is 4.79 Å². The van der Waals surface area contributed by atoms with Gasteiger partial charge in [-0.15, -0.1) is 0 Å². The summed E-state index contributed by atoms with van der Waals surface area (Å²) in [6.45, 7) is 5.27. The maximum absolute atomic E-state index is 13.3. The van der Waals surface area contributed by atoms with E-state index < -0.39 is 0 Å². The highest BCUT2D eigenvalue weighted by Crippen LogP contribution is 2.36. The van der Waals surface area contributed by atoms with Crippen molar-refractivity contribution >= 4 is 68.6 Å². The second kappa shape index (κ2) is 9.43. The molecule has 1 amide bonds. The SMILES string of the molecule is Cc1cccc2cc(/C=C3\SC(=S)N(Cc4ccccc4Cl)C3=O)c(N3CCOCC3)nc12. The molecule has 3 heterocycles. The quantitative estimate of drug-likeness (QED) is 0.355. The van der Waals surface area contributed by atoms with E-state index in [4.69, 9.17) is 33.5 Å². The topological polar surface area (TPSA) is 45.7 Å². The van der Waals surface area contributed by atoms with Crippen molar-refractivity contribution in [2.75, 3.05) is 31.2 Å². The van der Waals surface area contributed by atoms with Crippen molar-refractivity contribution in [2.45, 2.75) is 13.5 Å². The summed E-state index contributed by atoms with van der Waals surface area (Å²) in [4.78, 5) is 22.7. The van der Waals surface area contributed by atoms with Crippen molar-refractivity contribution in [1.29, 1.82) is 0 Å². The van der Waals surface area contributed by atoms with Gasteiger partial charge in [-0.3, -0.25) is 9.69 Å². The van der Waals surface area contributed by atoms with Crippen molar-refractivity contribution in [3.8, 4) is 0 Å². The van der Waals surface area contributed by atoms with Crippen LogP contribution in [0.25, 0.3) is 17.0 Å². The highest BCUT2D eigenvalue weighted by molar-refractivity contribution is 8.26. The summed E-state index contributed by atoms with van der Waals surface area (Å²) >= 11 is 13.2.